The number of nitrogens with one attached hydrogen (secondary N) is 1. The summed E-state index contributed by atoms with van der Waals surface area (Å²) in [5.74, 6) is -0.610. The van der Waals surface area contributed by atoms with Crippen molar-refractivity contribution in [2.24, 2.45) is 0 Å². The molecular weight excluding hydrogens is 502 g/mol. The lowest BCUT2D eigenvalue weighted by Gasteiger charge is -2.26. The molecule has 2 heterocycles. The largest absolute Gasteiger partial charge is 0.492 e. The van der Waals surface area contributed by atoms with Gasteiger partial charge in [-0.2, -0.15) is 0 Å². The highest BCUT2D eigenvalue weighted by Crippen LogP contribution is 2.27. The predicted octanol–water partition coefficient (Wildman–Crippen LogP) is 5.91. The van der Waals surface area contributed by atoms with E-state index in [1.807, 2.05) is 41.1 Å². The van der Waals surface area contributed by atoms with Gasteiger partial charge in [-0.3, -0.25) is 14.9 Å². The molecule has 1 aromatic heterocycles. The summed E-state index contributed by atoms with van der Waals surface area (Å²) in [6, 6.07) is 19.4. The molecule has 0 spiro atoms. The smallest absolute Gasteiger partial charge is 0.335 e. The van der Waals surface area contributed by atoms with Crippen LogP contribution >= 0.6 is 11.6 Å². The number of carbonyl (C=O) groups excluding carboxylic acids is 3. The maximum absolute atomic E-state index is 13.3. The van der Waals surface area contributed by atoms with Crippen LogP contribution in [0.5, 0.6) is 5.75 Å². The fourth-order valence-corrected chi connectivity index (χ4v) is 4.71. The van der Waals surface area contributed by atoms with Gasteiger partial charge in [-0.05, 0) is 73.0 Å². The van der Waals surface area contributed by atoms with Crippen LogP contribution < -0.4 is 15.0 Å². The van der Waals surface area contributed by atoms with Crippen molar-refractivity contribution in [2.75, 3.05) is 11.5 Å². The Bertz CT molecular complexity index is 1590. The minimum absolute atomic E-state index is 0.134. The number of barbiturate groups is 1. The van der Waals surface area contributed by atoms with E-state index in [-0.39, 0.29) is 5.57 Å². The first-order valence-electron chi connectivity index (χ1n) is 12.3. The van der Waals surface area contributed by atoms with Crippen LogP contribution in [0.3, 0.4) is 0 Å². The van der Waals surface area contributed by atoms with Crippen molar-refractivity contribution in [3.63, 3.8) is 0 Å². The average molecular weight is 528 g/mol. The number of hydrogen-bond donors (Lipinski definition) is 1. The van der Waals surface area contributed by atoms with Gasteiger partial charge in [0.25, 0.3) is 11.8 Å². The van der Waals surface area contributed by atoms with E-state index in [1.165, 1.54) is 11.6 Å². The van der Waals surface area contributed by atoms with E-state index in [2.05, 4.69) is 31.3 Å². The third-order valence-electron chi connectivity index (χ3n) is 6.43. The normalized spacial score (nSPS) is 14.9. The minimum atomic E-state index is -0.804. The number of hydrogen-bond acceptors (Lipinski definition) is 4. The third kappa shape index (κ3) is 5.06. The van der Waals surface area contributed by atoms with Crippen molar-refractivity contribution in [1.29, 1.82) is 0 Å². The molecule has 0 unspecified atom stereocenters. The second-order valence-corrected chi connectivity index (χ2v) is 9.52. The molecule has 1 aliphatic rings. The second-order valence-electron chi connectivity index (χ2n) is 9.09. The molecule has 1 aliphatic heterocycles. The van der Waals surface area contributed by atoms with Gasteiger partial charge < -0.3 is 9.30 Å². The van der Waals surface area contributed by atoms with Crippen molar-refractivity contribution in [3.05, 3.63) is 100 Å². The average Bonchev–Trinajstić information content (AvgIpc) is 3.24. The maximum Gasteiger partial charge on any atom is 0.335 e. The zero-order valence-electron chi connectivity index (χ0n) is 21.0. The third-order valence-corrected chi connectivity index (χ3v) is 6.68. The molecule has 7 nitrogen and oxygen atoms in total. The Hall–Kier alpha value is -4.36. The first kappa shape index (κ1) is 25.3. The van der Waals surface area contributed by atoms with E-state index in [9.17, 15) is 14.4 Å². The molecular formula is C30H26ClN3O4. The van der Waals surface area contributed by atoms with Gasteiger partial charge in [-0.25, -0.2) is 9.69 Å². The molecule has 0 radical (unpaired) electrons. The van der Waals surface area contributed by atoms with Crippen LogP contribution in [0.25, 0.3) is 17.0 Å². The lowest BCUT2D eigenvalue weighted by molar-refractivity contribution is -0.122. The van der Waals surface area contributed by atoms with Gasteiger partial charge >= 0.3 is 6.03 Å². The number of urea groups is 1. The van der Waals surface area contributed by atoms with Crippen LogP contribution in [0.15, 0.2) is 78.5 Å². The van der Waals surface area contributed by atoms with Crippen molar-refractivity contribution in [3.8, 4) is 5.75 Å². The fraction of sp³-hybridized carbons (Fsp3) is 0.167. The molecule has 5 rings (SSSR count). The fourth-order valence-electron chi connectivity index (χ4n) is 4.59. The Morgan fingerprint density at radius 1 is 1.00 bits per heavy atom. The topological polar surface area (TPSA) is 80.6 Å². The molecule has 0 saturated carbocycles. The number of nitrogens with zero attached hydrogens (tertiary/aromatic N) is 2. The maximum atomic E-state index is 13.3. The summed E-state index contributed by atoms with van der Waals surface area (Å²) in [6.07, 6.45) is 4.35. The number of halogens is 1. The molecule has 0 atom stereocenters. The molecule has 8 heteroatoms. The lowest BCUT2D eigenvalue weighted by atomic mass is 10.1. The van der Waals surface area contributed by atoms with Gasteiger partial charge in [0.15, 0.2) is 0 Å². The number of anilines is 1. The zero-order valence-corrected chi connectivity index (χ0v) is 21.8. The first-order valence-corrected chi connectivity index (χ1v) is 12.7. The molecule has 1 fully saturated rings. The number of amides is 4. The molecule has 192 valence electrons. The van der Waals surface area contributed by atoms with E-state index in [1.54, 1.807) is 24.3 Å². The van der Waals surface area contributed by atoms with E-state index < -0.39 is 17.8 Å². The molecule has 1 saturated heterocycles. The second kappa shape index (κ2) is 10.6. The van der Waals surface area contributed by atoms with Gasteiger partial charge in [0, 0.05) is 27.7 Å². The Kier molecular flexibility index (Phi) is 7.03. The van der Waals surface area contributed by atoms with E-state index in [0.29, 0.717) is 29.4 Å². The quantitative estimate of drug-likeness (QED) is 0.239. The number of aromatic nitrogens is 1. The molecule has 3 aromatic carbocycles. The van der Waals surface area contributed by atoms with Gasteiger partial charge in [-0.15, -0.1) is 0 Å². The van der Waals surface area contributed by atoms with Crippen LogP contribution in [0.1, 0.15) is 23.6 Å². The highest BCUT2D eigenvalue weighted by Gasteiger charge is 2.37. The Labute approximate surface area is 225 Å². The number of rotatable bonds is 7. The van der Waals surface area contributed by atoms with E-state index >= 15 is 0 Å². The first-order chi connectivity index (χ1) is 18.3. The summed E-state index contributed by atoms with van der Waals surface area (Å²) in [5, 5.41) is 3.61. The summed E-state index contributed by atoms with van der Waals surface area (Å²) in [6.45, 7) is 5.17. The van der Waals surface area contributed by atoms with E-state index in [4.69, 9.17) is 16.3 Å². The monoisotopic (exact) mass is 527 g/mol. The number of fused-ring (bicyclic) bond motifs is 1. The zero-order chi connectivity index (χ0) is 26.8. The molecule has 1 N–H and O–H groups in total. The number of carbonyl (C=O) groups is 3. The standard InChI is InChI=1S/C30H26ClN3O4/c1-3-20-14-19(2)15-24(16-20)38-13-12-33-18-21(25-6-4-5-7-27(25)33)17-26-28(35)32-30(37)34(29(26)36)23-10-8-22(31)9-11-23/h4-11,14-18H,3,12-13H2,1-2H3,(H,32,35,37)/b26-17-. The number of aryl methyl sites for hydroxylation is 2. The summed E-state index contributed by atoms with van der Waals surface area (Å²) < 4.78 is 8.08. The Balaban J connectivity index is 1.43. The molecule has 4 amide bonds. The van der Waals surface area contributed by atoms with Crippen LogP contribution in [0.2, 0.25) is 5.02 Å². The highest BCUT2D eigenvalue weighted by atomic mass is 35.5. The number of benzene rings is 3. The number of para-hydroxylation sites is 1. The highest BCUT2D eigenvalue weighted by molar-refractivity contribution is 6.39. The minimum Gasteiger partial charge on any atom is -0.492 e. The predicted molar refractivity (Wildman–Crippen MR) is 148 cm³/mol. The molecule has 0 bridgehead atoms. The lowest BCUT2D eigenvalue weighted by Crippen LogP contribution is -2.54. The van der Waals surface area contributed by atoms with Crippen molar-refractivity contribution < 1.29 is 19.1 Å². The summed E-state index contributed by atoms with van der Waals surface area (Å²) in [7, 11) is 0. The van der Waals surface area contributed by atoms with Gasteiger partial charge in [0.05, 0.1) is 12.2 Å². The summed E-state index contributed by atoms with van der Waals surface area (Å²) in [4.78, 5) is 39.5. The SMILES string of the molecule is CCc1cc(C)cc(OCCn2cc(/C=C3/C(=O)NC(=O)N(c4ccc(Cl)cc4)C3=O)c3ccccc32)c1. The van der Waals surface area contributed by atoms with Crippen molar-refractivity contribution in [1.82, 2.24) is 9.88 Å². The molecule has 0 aliphatic carbocycles. The Morgan fingerprint density at radius 2 is 1.76 bits per heavy atom. The van der Waals surface area contributed by atoms with Crippen LogP contribution in [-0.2, 0) is 22.6 Å². The van der Waals surface area contributed by atoms with Crippen LogP contribution in [0.4, 0.5) is 10.5 Å². The van der Waals surface area contributed by atoms with Gasteiger partial charge in [-0.1, -0.05) is 42.8 Å². The van der Waals surface area contributed by atoms with Crippen molar-refractivity contribution in [2.45, 2.75) is 26.8 Å². The van der Waals surface area contributed by atoms with Gasteiger partial charge in [0.1, 0.15) is 17.9 Å². The number of ether oxygens (including phenoxy) is 1. The number of imide groups is 2. The summed E-state index contributed by atoms with van der Waals surface area (Å²) in [5.41, 5.74) is 4.19. The summed E-state index contributed by atoms with van der Waals surface area (Å²) >= 11 is 5.95. The Morgan fingerprint density at radius 3 is 2.53 bits per heavy atom. The van der Waals surface area contributed by atoms with Crippen molar-refractivity contribution >= 4 is 52.1 Å². The molecule has 4 aromatic rings. The van der Waals surface area contributed by atoms with Gasteiger partial charge in [0.2, 0.25) is 0 Å². The van der Waals surface area contributed by atoms with Crippen LogP contribution in [0, 0.1) is 6.92 Å². The molecule has 38 heavy (non-hydrogen) atoms. The van der Waals surface area contributed by atoms with E-state index in [0.717, 1.165) is 33.5 Å². The van der Waals surface area contributed by atoms with Crippen LogP contribution in [-0.4, -0.2) is 29.0 Å².